The number of thioether (sulfide) groups is 1. The van der Waals surface area contributed by atoms with Crippen LogP contribution in [-0.4, -0.2) is 43.4 Å². The summed E-state index contributed by atoms with van der Waals surface area (Å²) in [6.07, 6.45) is 1.55. The third-order valence-corrected chi connectivity index (χ3v) is 5.86. The van der Waals surface area contributed by atoms with Gasteiger partial charge in [-0.15, -0.1) is 11.8 Å². The SMILES string of the molecule is COC[C@H](CC(=O)c1ccc(N=Nc2ccc(SC)cc2)cc1)[C@H](C)OP(C)(=O)O. The van der Waals surface area contributed by atoms with Gasteiger partial charge in [-0.3, -0.25) is 9.36 Å². The molecule has 0 aliphatic rings. The van der Waals surface area contributed by atoms with E-state index in [1.165, 1.54) is 7.11 Å². The first kappa shape index (κ1) is 24.4. The molecule has 0 saturated heterocycles. The minimum atomic E-state index is -3.65. The van der Waals surface area contributed by atoms with E-state index in [2.05, 4.69) is 10.2 Å². The van der Waals surface area contributed by atoms with E-state index in [4.69, 9.17) is 9.26 Å². The molecule has 3 atom stereocenters. The Morgan fingerprint density at radius 2 is 1.63 bits per heavy atom. The van der Waals surface area contributed by atoms with Gasteiger partial charge in [-0.1, -0.05) is 0 Å². The van der Waals surface area contributed by atoms with Crippen molar-refractivity contribution < 1.29 is 23.5 Å². The molecule has 0 spiro atoms. The lowest BCUT2D eigenvalue weighted by molar-refractivity contribution is 0.0563. The molecule has 30 heavy (non-hydrogen) atoms. The molecule has 0 saturated carbocycles. The Bertz CT molecular complexity index is 897. The van der Waals surface area contributed by atoms with Gasteiger partial charge in [0, 0.05) is 36.6 Å². The monoisotopic (exact) mass is 450 g/mol. The zero-order valence-corrected chi connectivity index (χ0v) is 19.2. The molecule has 2 rings (SSSR count). The number of benzene rings is 2. The summed E-state index contributed by atoms with van der Waals surface area (Å²) < 4.78 is 21.8. The number of hydrogen-bond acceptors (Lipinski definition) is 7. The van der Waals surface area contributed by atoms with Gasteiger partial charge in [-0.2, -0.15) is 10.2 Å². The van der Waals surface area contributed by atoms with Crippen molar-refractivity contribution in [3.8, 4) is 0 Å². The third kappa shape index (κ3) is 8.13. The van der Waals surface area contributed by atoms with E-state index >= 15 is 0 Å². The van der Waals surface area contributed by atoms with Gasteiger partial charge in [-0.05, 0) is 61.7 Å². The first-order valence-electron chi connectivity index (χ1n) is 9.38. The number of carbonyl (C=O) groups excluding carboxylic acids is 1. The van der Waals surface area contributed by atoms with Crippen LogP contribution >= 0.6 is 19.4 Å². The van der Waals surface area contributed by atoms with E-state index in [0.717, 1.165) is 17.2 Å². The van der Waals surface area contributed by atoms with Crippen LogP contribution in [0.3, 0.4) is 0 Å². The maximum atomic E-state index is 12.7. The van der Waals surface area contributed by atoms with Crippen molar-refractivity contribution in [2.45, 2.75) is 24.3 Å². The van der Waals surface area contributed by atoms with Crippen LogP contribution in [0.25, 0.3) is 0 Å². The summed E-state index contributed by atoms with van der Waals surface area (Å²) in [5, 5.41) is 8.40. The highest BCUT2D eigenvalue weighted by Gasteiger charge is 2.26. The van der Waals surface area contributed by atoms with Gasteiger partial charge in [0.25, 0.3) is 0 Å². The van der Waals surface area contributed by atoms with E-state index in [9.17, 15) is 14.3 Å². The predicted molar refractivity (Wildman–Crippen MR) is 119 cm³/mol. The standard InChI is InChI=1S/C21H27N2O5PS/c1-15(28-29(3,25)26)17(14-27-2)13-21(24)16-5-7-18(8-6-16)22-23-19-9-11-20(30-4)12-10-19/h5-12,15,17H,13-14H2,1-4H3,(H,25,26)/t15-,17-/m0/s1. The molecule has 0 aromatic heterocycles. The van der Waals surface area contributed by atoms with Gasteiger partial charge in [0.2, 0.25) is 0 Å². The Morgan fingerprint density at radius 3 is 2.10 bits per heavy atom. The number of hydrogen-bond donors (Lipinski definition) is 1. The fourth-order valence-corrected chi connectivity index (χ4v) is 4.00. The van der Waals surface area contributed by atoms with E-state index in [1.54, 1.807) is 43.0 Å². The number of carbonyl (C=O) groups is 1. The van der Waals surface area contributed by atoms with Crippen molar-refractivity contribution in [1.29, 1.82) is 0 Å². The Labute approximate surface area is 181 Å². The summed E-state index contributed by atoms with van der Waals surface area (Å²) >= 11 is 1.66. The molecule has 0 fully saturated rings. The van der Waals surface area contributed by atoms with E-state index < -0.39 is 13.7 Å². The number of nitrogens with zero attached hydrogens (tertiary/aromatic N) is 2. The van der Waals surface area contributed by atoms with Crippen LogP contribution in [0.15, 0.2) is 63.7 Å². The van der Waals surface area contributed by atoms with Crippen molar-refractivity contribution in [3.05, 3.63) is 54.1 Å². The zero-order chi connectivity index (χ0) is 22.1. The average Bonchev–Trinajstić information content (AvgIpc) is 2.71. The lowest BCUT2D eigenvalue weighted by Gasteiger charge is -2.24. The molecule has 1 N–H and O–H groups in total. The van der Waals surface area contributed by atoms with Gasteiger partial charge in [0.1, 0.15) is 0 Å². The van der Waals surface area contributed by atoms with Gasteiger partial charge < -0.3 is 14.2 Å². The molecule has 0 aliphatic carbocycles. The Balaban J connectivity index is 2.02. The van der Waals surface area contributed by atoms with Gasteiger partial charge >= 0.3 is 7.60 Å². The molecule has 162 valence electrons. The van der Waals surface area contributed by atoms with Crippen LogP contribution in [0.4, 0.5) is 11.4 Å². The maximum Gasteiger partial charge on any atom is 0.325 e. The van der Waals surface area contributed by atoms with Crippen LogP contribution < -0.4 is 0 Å². The van der Waals surface area contributed by atoms with Gasteiger partial charge in [0.05, 0.1) is 24.1 Å². The van der Waals surface area contributed by atoms with E-state index in [-0.39, 0.29) is 24.7 Å². The summed E-state index contributed by atoms with van der Waals surface area (Å²) in [4.78, 5) is 23.2. The molecule has 1 unspecified atom stereocenters. The number of azo groups is 1. The summed E-state index contributed by atoms with van der Waals surface area (Å²) in [6.45, 7) is 3.03. The quantitative estimate of drug-likeness (QED) is 0.199. The van der Waals surface area contributed by atoms with Crippen LogP contribution in [0.1, 0.15) is 23.7 Å². The lowest BCUT2D eigenvalue weighted by Crippen LogP contribution is -2.26. The first-order valence-corrected chi connectivity index (χ1v) is 12.6. The smallest absolute Gasteiger partial charge is 0.325 e. The average molecular weight is 450 g/mol. The second-order valence-corrected chi connectivity index (χ2v) is 9.60. The number of rotatable bonds is 11. The molecule has 0 radical (unpaired) electrons. The number of ketones is 1. The predicted octanol–water partition coefficient (Wildman–Crippen LogP) is 5.88. The van der Waals surface area contributed by atoms with Crippen LogP contribution in [0, 0.1) is 5.92 Å². The van der Waals surface area contributed by atoms with Crippen molar-refractivity contribution >= 4 is 36.5 Å². The largest absolute Gasteiger partial charge is 0.384 e. The Morgan fingerprint density at radius 1 is 1.10 bits per heavy atom. The van der Waals surface area contributed by atoms with Crippen LogP contribution in [0.5, 0.6) is 0 Å². The highest BCUT2D eigenvalue weighted by atomic mass is 32.2. The number of ether oxygens (including phenoxy) is 1. The van der Waals surface area contributed by atoms with Crippen molar-refractivity contribution in [1.82, 2.24) is 0 Å². The van der Waals surface area contributed by atoms with Crippen LogP contribution in [0.2, 0.25) is 0 Å². The Hall–Kier alpha value is -1.83. The topological polar surface area (TPSA) is 97.5 Å². The van der Waals surface area contributed by atoms with E-state index in [0.29, 0.717) is 11.3 Å². The minimum absolute atomic E-state index is 0.104. The Kier molecular flexibility index (Phi) is 9.39. The summed E-state index contributed by atoms with van der Waals surface area (Å²) in [7, 11) is -2.13. The molecule has 0 bridgehead atoms. The summed E-state index contributed by atoms with van der Waals surface area (Å²) in [5.41, 5.74) is 1.91. The molecule has 2 aromatic rings. The van der Waals surface area contributed by atoms with E-state index in [1.807, 2.05) is 30.5 Å². The number of methoxy groups -OCH3 is 1. The molecule has 0 heterocycles. The fraction of sp³-hybridized carbons (Fsp3) is 0.381. The first-order chi connectivity index (χ1) is 14.2. The second-order valence-electron chi connectivity index (χ2n) is 6.90. The maximum absolute atomic E-state index is 12.7. The van der Waals surface area contributed by atoms with Crippen molar-refractivity contribution in [2.24, 2.45) is 16.1 Å². The molecule has 9 heteroatoms. The molecule has 2 aromatic carbocycles. The zero-order valence-electron chi connectivity index (χ0n) is 17.5. The third-order valence-electron chi connectivity index (χ3n) is 4.40. The van der Waals surface area contributed by atoms with Crippen molar-refractivity contribution in [3.63, 3.8) is 0 Å². The minimum Gasteiger partial charge on any atom is -0.384 e. The molecular formula is C21H27N2O5PS. The van der Waals surface area contributed by atoms with Gasteiger partial charge in [-0.25, -0.2) is 0 Å². The molecular weight excluding hydrogens is 423 g/mol. The van der Waals surface area contributed by atoms with Gasteiger partial charge in [0.15, 0.2) is 5.78 Å². The highest BCUT2D eigenvalue weighted by Crippen LogP contribution is 2.40. The lowest BCUT2D eigenvalue weighted by atomic mass is 9.95. The second kappa shape index (κ2) is 11.5. The molecule has 7 nitrogen and oxygen atoms in total. The number of Topliss-reactive ketones (excluding diaryl/α,β-unsaturated/α-hetero) is 1. The summed E-state index contributed by atoms with van der Waals surface area (Å²) in [6, 6.07) is 14.6. The summed E-state index contributed by atoms with van der Waals surface area (Å²) in [5.74, 6) is -0.445. The molecule has 0 aliphatic heterocycles. The van der Waals surface area contributed by atoms with Crippen molar-refractivity contribution in [2.75, 3.05) is 26.6 Å². The highest BCUT2D eigenvalue weighted by molar-refractivity contribution is 7.98. The fourth-order valence-electron chi connectivity index (χ4n) is 2.80. The molecule has 0 amide bonds. The normalized spacial score (nSPS) is 15.6. The van der Waals surface area contributed by atoms with Crippen LogP contribution in [-0.2, 0) is 13.8 Å².